The molecule has 3 heterocycles. The summed E-state index contributed by atoms with van der Waals surface area (Å²) in [5.41, 5.74) is 6.95. The Labute approximate surface area is 212 Å². The van der Waals surface area contributed by atoms with Gasteiger partial charge in [-0.3, -0.25) is 4.98 Å². The second kappa shape index (κ2) is 9.88. The van der Waals surface area contributed by atoms with Gasteiger partial charge in [0.15, 0.2) is 0 Å². The van der Waals surface area contributed by atoms with Crippen molar-refractivity contribution in [1.29, 1.82) is 0 Å². The number of aryl methyl sites for hydroxylation is 2. The van der Waals surface area contributed by atoms with E-state index in [2.05, 4.69) is 40.0 Å². The van der Waals surface area contributed by atoms with Crippen molar-refractivity contribution in [2.45, 2.75) is 45.1 Å². The van der Waals surface area contributed by atoms with Gasteiger partial charge in [0.25, 0.3) is 0 Å². The largest absolute Gasteiger partial charge is 0.337 e. The van der Waals surface area contributed by atoms with Gasteiger partial charge < -0.3 is 4.57 Å². The summed E-state index contributed by atoms with van der Waals surface area (Å²) in [6.45, 7) is 4.02. The van der Waals surface area contributed by atoms with Gasteiger partial charge in [0.05, 0.1) is 24.0 Å². The summed E-state index contributed by atoms with van der Waals surface area (Å²) < 4.78 is 27.9. The first-order chi connectivity index (χ1) is 16.8. The van der Waals surface area contributed by atoms with Gasteiger partial charge in [0, 0.05) is 43.0 Å². The lowest BCUT2D eigenvalue weighted by molar-refractivity contribution is 0.256. The molecule has 3 aromatic rings. The van der Waals surface area contributed by atoms with Crippen LogP contribution in [0.2, 0.25) is 5.02 Å². The van der Waals surface area contributed by atoms with Crippen molar-refractivity contribution in [3.8, 4) is 0 Å². The maximum Gasteiger partial charge on any atom is 0.211 e. The Hall–Kier alpha value is -2.48. The zero-order valence-electron chi connectivity index (χ0n) is 20.2. The fourth-order valence-corrected chi connectivity index (χ4v) is 6.63. The van der Waals surface area contributed by atoms with Crippen LogP contribution >= 0.6 is 11.6 Å². The Bertz CT molecular complexity index is 1360. The van der Waals surface area contributed by atoms with Gasteiger partial charge in [-0.2, -0.15) is 0 Å². The van der Waals surface area contributed by atoms with E-state index in [0.717, 1.165) is 54.2 Å². The smallest absolute Gasteiger partial charge is 0.211 e. The molecule has 184 valence electrons. The van der Waals surface area contributed by atoms with Gasteiger partial charge in [0.2, 0.25) is 10.0 Å². The Morgan fingerprint density at radius 3 is 2.66 bits per heavy atom. The number of imidazole rings is 1. The maximum absolute atomic E-state index is 12.1. The molecule has 1 saturated heterocycles. The molecule has 1 aliphatic heterocycles. The first-order valence-electron chi connectivity index (χ1n) is 12.2. The van der Waals surface area contributed by atoms with Crippen LogP contribution in [0.15, 0.2) is 49.1 Å². The minimum atomic E-state index is -3.17. The average molecular weight is 511 g/mol. The molecule has 35 heavy (non-hydrogen) atoms. The summed E-state index contributed by atoms with van der Waals surface area (Å²) >= 11 is 6.45. The van der Waals surface area contributed by atoms with Crippen LogP contribution in [0.25, 0.3) is 11.6 Å². The summed E-state index contributed by atoms with van der Waals surface area (Å²) in [4.78, 5) is 9.26. The quantitative estimate of drug-likeness (QED) is 0.446. The SMILES string of the molecule is Cc1cn(CCCC2=Cc3cc(Cl)ccc3C(C3CCN(S(C)(=O)=O)CC3)c3ncccc32)cn1. The van der Waals surface area contributed by atoms with Gasteiger partial charge in [0.1, 0.15) is 0 Å². The summed E-state index contributed by atoms with van der Waals surface area (Å²) in [6.07, 6.45) is 13.0. The van der Waals surface area contributed by atoms with E-state index >= 15 is 0 Å². The minimum Gasteiger partial charge on any atom is -0.337 e. The van der Waals surface area contributed by atoms with E-state index in [1.54, 1.807) is 4.31 Å². The van der Waals surface area contributed by atoms with Crippen LogP contribution in [-0.2, 0) is 16.6 Å². The molecule has 1 fully saturated rings. The number of rotatable bonds is 6. The van der Waals surface area contributed by atoms with Crippen LogP contribution in [0, 0.1) is 12.8 Å². The number of nitrogens with zero attached hydrogens (tertiary/aromatic N) is 4. The molecule has 2 aromatic heterocycles. The average Bonchev–Trinajstić information content (AvgIpc) is 3.19. The number of benzene rings is 1. The predicted molar refractivity (Wildman–Crippen MR) is 141 cm³/mol. The fraction of sp³-hybridized carbons (Fsp3) is 0.407. The molecule has 0 bridgehead atoms. The predicted octanol–water partition coefficient (Wildman–Crippen LogP) is 5.38. The number of aromatic nitrogens is 3. The number of fused-ring (bicyclic) bond motifs is 2. The van der Waals surface area contributed by atoms with Gasteiger partial charge in [-0.1, -0.05) is 29.8 Å². The Kier molecular flexibility index (Phi) is 6.84. The molecule has 1 aliphatic carbocycles. The normalized spacial score (nSPS) is 19.1. The second-order valence-corrected chi connectivity index (χ2v) is 12.1. The van der Waals surface area contributed by atoms with Gasteiger partial charge in [-0.25, -0.2) is 17.7 Å². The highest BCUT2D eigenvalue weighted by Crippen LogP contribution is 2.45. The molecule has 6 nitrogen and oxygen atoms in total. The van der Waals surface area contributed by atoms with E-state index in [0.29, 0.717) is 19.0 Å². The van der Waals surface area contributed by atoms with Crippen molar-refractivity contribution >= 4 is 33.3 Å². The van der Waals surface area contributed by atoms with Crippen LogP contribution < -0.4 is 0 Å². The van der Waals surface area contributed by atoms with E-state index in [1.165, 1.54) is 23.0 Å². The van der Waals surface area contributed by atoms with Crippen molar-refractivity contribution in [2.75, 3.05) is 19.3 Å². The second-order valence-electron chi connectivity index (χ2n) is 9.71. The Morgan fingerprint density at radius 1 is 1.14 bits per heavy atom. The lowest BCUT2D eigenvalue weighted by atomic mass is 9.76. The van der Waals surface area contributed by atoms with Gasteiger partial charge >= 0.3 is 0 Å². The Morgan fingerprint density at radius 2 is 1.94 bits per heavy atom. The highest BCUT2D eigenvalue weighted by atomic mass is 35.5. The fourth-order valence-electron chi connectivity index (χ4n) is 5.57. The summed E-state index contributed by atoms with van der Waals surface area (Å²) in [6, 6.07) is 10.3. The summed E-state index contributed by atoms with van der Waals surface area (Å²) in [7, 11) is -3.17. The number of pyridine rings is 1. The Balaban J connectivity index is 1.49. The number of piperidine rings is 1. The highest BCUT2D eigenvalue weighted by Gasteiger charge is 2.35. The van der Waals surface area contributed by atoms with Crippen LogP contribution in [0.3, 0.4) is 0 Å². The van der Waals surface area contributed by atoms with Crippen molar-refractivity contribution in [3.63, 3.8) is 0 Å². The van der Waals surface area contributed by atoms with E-state index < -0.39 is 10.0 Å². The number of hydrogen-bond acceptors (Lipinski definition) is 4. The minimum absolute atomic E-state index is 0.102. The highest BCUT2D eigenvalue weighted by molar-refractivity contribution is 7.88. The zero-order valence-corrected chi connectivity index (χ0v) is 21.8. The monoisotopic (exact) mass is 510 g/mol. The third kappa shape index (κ3) is 5.22. The number of sulfonamides is 1. The van der Waals surface area contributed by atoms with Crippen LogP contribution in [0.4, 0.5) is 0 Å². The molecular formula is C27H31ClN4O2S. The first kappa shape index (κ1) is 24.2. The topological polar surface area (TPSA) is 68.1 Å². The number of halogens is 1. The summed E-state index contributed by atoms with van der Waals surface area (Å²) in [5.74, 6) is 0.411. The zero-order chi connectivity index (χ0) is 24.6. The molecular weight excluding hydrogens is 480 g/mol. The number of allylic oxidation sites excluding steroid dienone is 1. The molecule has 8 heteroatoms. The van der Waals surface area contributed by atoms with E-state index in [9.17, 15) is 8.42 Å². The van der Waals surface area contributed by atoms with Crippen LogP contribution in [0.5, 0.6) is 0 Å². The van der Waals surface area contributed by atoms with Crippen molar-refractivity contribution in [1.82, 2.24) is 18.8 Å². The third-order valence-corrected chi connectivity index (χ3v) is 8.79. The molecule has 5 rings (SSSR count). The van der Waals surface area contributed by atoms with Crippen molar-refractivity contribution < 1.29 is 8.42 Å². The van der Waals surface area contributed by atoms with Gasteiger partial charge in [-0.05, 0) is 79.0 Å². The lowest BCUT2D eigenvalue weighted by Crippen LogP contribution is -2.39. The molecule has 0 saturated carbocycles. The summed E-state index contributed by atoms with van der Waals surface area (Å²) in [5, 5.41) is 0.720. The molecule has 1 atom stereocenters. The number of hydrogen-bond donors (Lipinski definition) is 0. The molecule has 0 amide bonds. The van der Waals surface area contributed by atoms with E-state index in [4.69, 9.17) is 16.6 Å². The third-order valence-electron chi connectivity index (χ3n) is 7.26. The van der Waals surface area contributed by atoms with Crippen molar-refractivity contribution in [3.05, 3.63) is 82.2 Å². The lowest BCUT2D eigenvalue weighted by Gasteiger charge is -2.35. The standard InChI is InChI=1S/C27H31ClN4O2S/c1-19-17-31(18-30-19)12-4-5-21-15-22-16-23(28)7-8-24(22)26(27-25(21)6-3-11-29-27)20-9-13-32(14-10-20)35(2,33)34/h3,6-8,11,15-18,20,26H,4-5,9-10,12-14H2,1-2H3. The molecule has 0 radical (unpaired) electrons. The van der Waals surface area contributed by atoms with E-state index in [1.807, 2.05) is 31.6 Å². The molecule has 0 N–H and O–H groups in total. The van der Waals surface area contributed by atoms with Gasteiger partial charge in [-0.15, -0.1) is 0 Å². The molecule has 1 unspecified atom stereocenters. The van der Waals surface area contributed by atoms with Crippen LogP contribution in [0.1, 0.15) is 59.7 Å². The maximum atomic E-state index is 12.1. The first-order valence-corrected chi connectivity index (χ1v) is 14.4. The van der Waals surface area contributed by atoms with Crippen molar-refractivity contribution in [2.24, 2.45) is 5.92 Å². The molecule has 1 aromatic carbocycles. The molecule has 0 spiro atoms. The van der Waals surface area contributed by atoms with E-state index in [-0.39, 0.29) is 5.92 Å². The van der Waals surface area contributed by atoms with Crippen LogP contribution in [-0.4, -0.2) is 46.6 Å². The molecule has 2 aliphatic rings.